The van der Waals surface area contributed by atoms with Crippen molar-refractivity contribution in [3.63, 3.8) is 0 Å². The van der Waals surface area contributed by atoms with E-state index in [1.54, 1.807) is 0 Å². The van der Waals surface area contributed by atoms with Crippen LogP contribution in [0.5, 0.6) is 0 Å². The van der Waals surface area contributed by atoms with Gasteiger partial charge in [0.15, 0.2) is 23.7 Å². The van der Waals surface area contributed by atoms with Crippen LogP contribution in [0, 0.1) is 5.41 Å². The molecule has 0 aromatic rings. The van der Waals surface area contributed by atoms with Gasteiger partial charge in [0.2, 0.25) is 5.90 Å². The minimum Gasteiger partial charge on any atom is -0.465 e. The van der Waals surface area contributed by atoms with Crippen LogP contribution < -0.4 is 0 Å². The maximum atomic E-state index is 11.7. The van der Waals surface area contributed by atoms with E-state index in [0.29, 0.717) is 0 Å². The molecule has 0 bridgehead atoms. The fourth-order valence-corrected chi connectivity index (χ4v) is 3.97. The topological polar surface area (TPSA) is 138 Å². The summed E-state index contributed by atoms with van der Waals surface area (Å²) in [6, 6.07) is 0. The van der Waals surface area contributed by atoms with Crippen molar-refractivity contribution in [1.29, 1.82) is 5.41 Å². The molecule has 1 aliphatic rings. The minimum atomic E-state index is -2.23. The highest BCUT2D eigenvalue weighted by atomic mass is 35.6. The Bertz CT molecular complexity index is 700. The number of halogens is 3. The lowest BCUT2D eigenvalue weighted by Crippen LogP contribution is -2.59. The third-order valence-electron chi connectivity index (χ3n) is 3.44. The monoisotopic (exact) mass is 507 g/mol. The Kier molecular flexibility index (Phi) is 9.99. The Morgan fingerprint density at radius 1 is 0.800 bits per heavy atom. The van der Waals surface area contributed by atoms with Crippen LogP contribution in [0.25, 0.3) is 0 Å². The quantitative estimate of drug-likeness (QED) is 0.187. The van der Waals surface area contributed by atoms with Gasteiger partial charge in [0.05, 0.1) is 5.25 Å². The van der Waals surface area contributed by atoms with Crippen molar-refractivity contribution < 1.29 is 42.9 Å². The summed E-state index contributed by atoms with van der Waals surface area (Å²) in [6.45, 7) is 4.21. The van der Waals surface area contributed by atoms with Gasteiger partial charge in [-0.15, -0.1) is 11.8 Å². The first-order valence-corrected chi connectivity index (χ1v) is 10.4. The molecular weight excluding hydrogens is 489 g/mol. The molecular formula is C16H20Cl3NO9S. The lowest BCUT2D eigenvalue weighted by Gasteiger charge is -2.43. The van der Waals surface area contributed by atoms with Crippen LogP contribution in [0.3, 0.4) is 0 Å². The van der Waals surface area contributed by atoms with Crippen LogP contribution in [0.1, 0.15) is 27.7 Å². The zero-order chi connectivity index (χ0) is 23.2. The average molecular weight is 509 g/mol. The highest BCUT2D eigenvalue weighted by Gasteiger charge is 2.53. The predicted molar refractivity (Wildman–Crippen MR) is 108 cm³/mol. The standard InChI is InChI=1S/C16H20Cl3NO9S/c1-6(21)25-5-10-11(26-7(2)22)12(27-8(3)23)13(28-9(4)24)14(30-10)29-15(20)16(17,18)19/h10-14,20H,5H2,1-4H3/t10?,11-,12+,13?,14+/m1/s1. The number of carbonyl (C=O) groups is 4. The molecule has 10 nitrogen and oxygen atoms in total. The lowest BCUT2D eigenvalue weighted by molar-refractivity contribution is -0.190. The Labute approximate surface area is 191 Å². The molecule has 1 saturated heterocycles. The molecule has 0 aromatic carbocycles. The summed E-state index contributed by atoms with van der Waals surface area (Å²) in [5.74, 6) is -3.68. The highest BCUT2D eigenvalue weighted by Crippen LogP contribution is 2.40. The van der Waals surface area contributed by atoms with Crippen molar-refractivity contribution in [3.05, 3.63) is 0 Å². The number of carbonyl (C=O) groups excluding carboxylic acids is 4. The second kappa shape index (κ2) is 11.3. The van der Waals surface area contributed by atoms with Gasteiger partial charge in [0.1, 0.15) is 6.61 Å². The normalized spacial score (nSPS) is 26.2. The Hall–Kier alpha value is -1.43. The third kappa shape index (κ3) is 8.37. The van der Waals surface area contributed by atoms with Gasteiger partial charge in [-0.1, -0.05) is 34.8 Å². The fraction of sp³-hybridized carbons (Fsp3) is 0.688. The van der Waals surface area contributed by atoms with Gasteiger partial charge in [0, 0.05) is 27.7 Å². The first-order chi connectivity index (χ1) is 13.7. The first-order valence-electron chi connectivity index (χ1n) is 8.35. The predicted octanol–water partition coefficient (Wildman–Crippen LogP) is 2.15. The van der Waals surface area contributed by atoms with E-state index in [4.69, 9.17) is 63.9 Å². The van der Waals surface area contributed by atoms with Gasteiger partial charge >= 0.3 is 23.9 Å². The number of rotatable bonds is 6. The van der Waals surface area contributed by atoms with Gasteiger partial charge in [0.25, 0.3) is 3.79 Å². The average Bonchev–Trinajstić information content (AvgIpc) is 2.56. The molecule has 0 spiro atoms. The summed E-state index contributed by atoms with van der Waals surface area (Å²) in [6.07, 6.45) is -3.88. The number of thioether (sulfide) groups is 1. The molecule has 0 radical (unpaired) electrons. The van der Waals surface area contributed by atoms with Crippen molar-refractivity contribution >= 4 is 76.3 Å². The van der Waals surface area contributed by atoms with Crippen LogP contribution in [-0.4, -0.2) is 69.2 Å². The SMILES string of the molecule is CC(=O)OCC1S[C@H](OC(=N)C(Cl)(Cl)Cl)C(OC(C)=O)[C@@H](OC(C)=O)[C@@H]1OC(C)=O. The van der Waals surface area contributed by atoms with Gasteiger partial charge in [-0.2, -0.15) is 0 Å². The molecule has 0 aliphatic carbocycles. The summed E-state index contributed by atoms with van der Waals surface area (Å²) in [4.78, 5) is 46.3. The Morgan fingerprint density at radius 2 is 1.27 bits per heavy atom. The minimum absolute atomic E-state index is 0.274. The number of esters is 4. The van der Waals surface area contributed by atoms with Crippen LogP contribution in [-0.2, 0) is 42.9 Å². The maximum Gasteiger partial charge on any atom is 0.303 e. The summed E-state index contributed by atoms with van der Waals surface area (Å²) < 4.78 is 23.9. The highest BCUT2D eigenvalue weighted by molar-refractivity contribution is 8.00. The molecule has 1 rings (SSSR count). The van der Waals surface area contributed by atoms with Gasteiger partial charge in [-0.25, -0.2) is 0 Å². The number of ether oxygens (including phenoxy) is 5. The Balaban J connectivity index is 3.37. The van der Waals surface area contributed by atoms with E-state index in [1.807, 2.05) is 0 Å². The van der Waals surface area contributed by atoms with Crippen molar-refractivity contribution in [1.82, 2.24) is 0 Å². The molecule has 170 valence electrons. The van der Waals surface area contributed by atoms with Crippen molar-refractivity contribution in [2.24, 2.45) is 0 Å². The van der Waals surface area contributed by atoms with E-state index in [-0.39, 0.29) is 6.61 Å². The van der Waals surface area contributed by atoms with E-state index in [9.17, 15) is 19.2 Å². The molecule has 1 fully saturated rings. The number of nitrogens with one attached hydrogen (secondary N) is 1. The zero-order valence-corrected chi connectivity index (χ0v) is 19.4. The van der Waals surface area contributed by atoms with Crippen LogP contribution in [0.2, 0.25) is 0 Å². The van der Waals surface area contributed by atoms with Gasteiger partial charge in [-0.3, -0.25) is 24.6 Å². The van der Waals surface area contributed by atoms with Gasteiger partial charge < -0.3 is 23.7 Å². The van der Waals surface area contributed by atoms with Crippen molar-refractivity contribution in [3.8, 4) is 0 Å². The van der Waals surface area contributed by atoms with E-state index in [0.717, 1.165) is 32.5 Å². The van der Waals surface area contributed by atoms with E-state index in [1.165, 1.54) is 6.92 Å². The smallest absolute Gasteiger partial charge is 0.303 e. The fourth-order valence-electron chi connectivity index (χ4n) is 2.47. The van der Waals surface area contributed by atoms with Crippen LogP contribution in [0.4, 0.5) is 0 Å². The molecule has 0 aromatic heterocycles. The largest absolute Gasteiger partial charge is 0.465 e. The summed E-state index contributed by atoms with van der Waals surface area (Å²) >= 11 is 17.8. The summed E-state index contributed by atoms with van der Waals surface area (Å²) in [5.41, 5.74) is -1.23. The zero-order valence-electron chi connectivity index (χ0n) is 16.3. The second-order valence-corrected chi connectivity index (χ2v) is 9.64. The number of hydrogen-bond acceptors (Lipinski definition) is 11. The molecule has 0 saturated carbocycles. The third-order valence-corrected chi connectivity index (χ3v) is 5.34. The van der Waals surface area contributed by atoms with Gasteiger partial charge in [-0.05, 0) is 0 Å². The Morgan fingerprint density at radius 3 is 1.70 bits per heavy atom. The molecule has 1 aliphatic heterocycles. The molecule has 2 unspecified atom stereocenters. The van der Waals surface area contributed by atoms with Crippen molar-refractivity contribution in [2.75, 3.05) is 6.61 Å². The molecule has 1 heterocycles. The second-order valence-electron chi connectivity index (χ2n) is 6.01. The van der Waals surface area contributed by atoms with Crippen LogP contribution >= 0.6 is 46.6 Å². The lowest BCUT2D eigenvalue weighted by atomic mass is 10.0. The summed E-state index contributed by atoms with van der Waals surface area (Å²) in [7, 11) is 0. The summed E-state index contributed by atoms with van der Waals surface area (Å²) in [5, 5.41) is 6.97. The number of alkyl halides is 3. The molecule has 14 heteroatoms. The van der Waals surface area contributed by atoms with E-state index >= 15 is 0 Å². The molecule has 30 heavy (non-hydrogen) atoms. The number of hydrogen-bond donors (Lipinski definition) is 1. The van der Waals surface area contributed by atoms with Crippen LogP contribution in [0.15, 0.2) is 0 Å². The molecule has 1 N–H and O–H groups in total. The molecule has 0 amide bonds. The van der Waals surface area contributed by atoms with Crippen molar-refractivity contribution in [2.45, 2.75) is 60.5 Å². The molecule has 5 atom stereocenters. The maximum absolute atomic E-state index is 11.7. The van der Waals surface area contributed by atoms with E-state index < -0.39 is 62.6 Å². The van der Waals surface area contributed by atoms with E-state index in [2.05, 4.69) is 0 Å². The first kappa shape index (κ1) is 26.6.